The van der Waals surface area contributed by atoms with Crippen molar-refractivity contribution in [3.05, 3.63) is 46.4 Å². The number of anilines is 1. The summed E-state index contributed by atoms with van der Waals surface area (Å²) in [7, 11) is 0. The van der Waals surface area contributed by atoms with Crippen molar-refractivity contribution in [3.63, 3.8) is 0 Å². The maximum atomic E-state index is 12.5. The lowest BCUT2D eigenvalue weighted by atomic mass is 9.91. The molecule has 1 fully saturated rings. The average molecular weight is 341 g/mol. The molecule has 3 rings (SSSR count). The first-order valence-electron chi connectivity index (χ1n) is 8.67. The Morgan fingerprint density at radius 2 is 2.12 bits per heavy atom. The van der Waals surface area contributed by atoms with Crippen molar-refractivity contribution >= 4 is 11.6 Å². The molecule has 2 heterocycles. The lowest BCUT2D eigenvalue weighted by Gasteiger charge is -2.30. The molecular formula is C19H23N3O3. The van der Waals surface area contributed by atoms with Gasteiger partial charge in [0.25, 0.3) is 5.56 Å². The summed E-state index contributed by atoms with van der Waals surface area (Å²) in [6.45, 7) is 4.56. The van der Waals surface area contributed by atoms with Gasteiger partial charge in [-0.05, 0) is 50.5 Å². The predicted octanol–water partition coefficient (Wildman–Crippen LogP) is 2.89. The fraction of sp³-hybridized carbons (Fsp3) is 0.421. The number of rotatable bonds is 4. The van der Waals surface area contributed by atoms with Gasteiger partial charge in [0.15, 0.2) is 0 Å². The van der Waals surface area contributed by atoms with Crippen LogP contribution in [-0.2, 0) is 9.53 Å². The fourth-order valence-electron chi connectivity index (χ4n) is 3.20. The summed E-state index contributed by atoms with van der Waals surface area (Å²) >= 11 is 0. The molecule has 0 saturated carbocycles. The number of amides is 1. The van der Waals surface area contributed by atoms with Crippen LogP contribution in [0.5, 0.6) is 0 Å². The normalized spacial score (nSPS) is 20.2. The van der Waals surface area contributed by atoms with Gasteiger partial charge < -0.3 is 15.0 Å². The van der Waals surface area contributed by atoms with Crippen molar-refractivity contribution in [2.75, 3.05) is 11.9 Å². The number of benzene rings is 1. The number of nitrogens with one attached hydrogen (secondary N) is 2. The second-order valence-corrected chi connectivity index (χ2v) is 6.37. The van der Waals surface area contributed by atoms with E-state index in [-0.39, 0.29) is 23.5 Å². The van der Waals surface area contributed by atoms with Crippen molar-refractivity contribution in [2.45, 2.75) is 39.2 Å². The molecule has 132 valence electrons. The monoisotopic (exact) mass is 341 g/mol. The van der Waals surface area contributed by atoms with E-state index in [2.05, 4.69) is 15.3 Å². The Labute approximate surface area is 146 Å². The Hall–Kier alpha value is -2.47. The number of hydrogen-bond donors (Lipinski definition) is 2. The zero-order valence-electron chi connectivity index (χ0n) is 14.5. The van der Waals surface area contributed by atoms with Gasteiger partial charge in [-0.25, -0.2) is 4.98 Å². The first-order chi connectivity index (χ1) is 12.1. The van der Waals surface area contributed by atoms with E-state index in [1.54, 1.807) is 6.92 Å². The van der Waals surface area contributed by atoms with E-state index in [9.17, 15) is 9.59 Å². The first kappa shape index (κ1) is 17.4. The number of hydrogen-bond acceptors (Lipinski definition) is 4. The summed E-state index contributed by atoms with van der Waals surface area (Å²) in [6, 6.07) is 8.76. The molecule has 6 heteroatoms. The largest absolute Gasteiger partial charge is 0.377 e. The Morgan fingerprint density at radius 1 is 1.36 bits per heavy atom. The molecule has 2 aromatic rings. The van der Waals surface area contributed by atoms with E-state index in [4.69, 9.17) is 4.74 Å². The predicted molar refractivity (Wildman–Crippen MR) is 96.4 cm³/mol. The lowest BCUT2D eigenvalue weighted by Crippen LogP contribution is -2.37. The zero-order valence-corrected chi connectivity index (χ0v) is 14.5. The Morgan fingerprint density at radius 3 is 2.80 bits per heavy atom. The second kappa shape index (κ2) is 7.61. The third-order valence-electron chi connectivity index (χ3n) is 4.47. The number of aromatic amines is 1. The van der Waals surface area contributed by atoms with Crippen molar-refractivity contribution in [1.82, 2.24) is 9.97 Å². The van der Waals surface area contributed by atoms with Crippen LogP contribution < -0.4 is 10.9 Å². The quantitative estimate of drug-likeness (QED) is 0.895. The third kappa shape index (κ3) is 4.14. The van der Waals surface area contributed by atoms with E-state index in [1.807, 2.05) is 31.2 Å². The van der Waals surface area contributed by atoms with Crippen LogP contribution in [0.25, 0.3) is 11.4 Å². The molecule has 0 aliphatic carbocycles. The molecule has 1 aliphatic heterocycles. The molecule has 25 heavy (non-hydrogen) atoms. The van der Waals surface area contributed by atoms with E-state index < -0.39 is 0 Å². The highest BCUT2D eigenvalue weighted by atomic mass is 16.5. The smallest absolute Gasteiger partial charge is 0.251 e. The van der Waals surface area contributed by atoms with Gasteiger partial charge in [0.05, 0.1) is 12.0 Å². The summed E-state index contributed by atoms with van der Waals surface area (Å²) in [5.41, 5.74) is 2.01. The van der Waals surface area contributed by atoms with Gasteiger partial charge in [0.2, 0.25) is 5.91 Å². The standard InChI is InChI=1S/C19H23N3O3/c1-3-16-15(5-4-10-25-16)19(24)21-14-8-6-13(7-9-14)18-20-12(2)11-17(23)22-18/h6-9,11,15-16H,3-5,10H2,1-2H3,(H,21,24)(H,20,22,23). The highest BCUT2D eigenvalue weighted by Crippen LogP contribution is 2.25. The van der Waals surface area contributed by atoms with Gasteiger partial charge in [-0.3, -0.25) is 9.59 Å². The summed E-state index contributed by atoms with van der Waals surface area (Å²) in [5, 5.41) is 2.97. The molecular weight excluding hydrogens is 318 g/mol. The third-order valence-corrected chi connectivity index (χ3v) is 4.47. The van der Waals surface area contributed by atoms with Gasteiger partial charge in [0, 0.05) is 29.6 Å². The Kier molecular flexibility index (Phi) is 5.28. The van der Waals surface area contributed by atoms with Crippen molar-refractivity contribution < 1.29 is 9.53 Å². The van der Waals surface area contributed by atoms with Crippen LogP contribution in [0, 0.1) is 12.8 Å². The Balaban J connectivity index is 1.72. The number of H-pyrrole nitrogens is 1. The van der Waals surface area contributed by atoms with Crippen LogP contribution in [0.15, 0.2) is 35.1 Å². The van der Waals surface area contributed by atoms with Gasteiger partial charge in [-0.15, -0.1) is 0 Å². The van der Waals surface area contributed by atoms with E-state index in [0.717, 1.165) is 37.1 Å². The zero-order chi connectivity index (χ0) is 17.8. The molecule has 1 aliphatic rings. The summed E-state index contributed by atoms with van der Waals surface area (Å²) < 4.78 is 5.70. The van der Waals surface area contributed by atoms with Crippen LogP contribution in [0.4, 0.5) is 5.69 Å². The van der Waals surface area contributed by atoms with Crippen LogP contribution in [0.2, 0.25) is 0 Å². The van der Waals surface area contributed by atoms with Crippen LogP contribution in [0.1, 0.15) is 31.9 Å². The number of aromatic nitrogens is 2. The first-order valence-corrected chi connectivity index (χ1v) is 8.67. The van der Waals surface area contributed by atoms with E-state index in [1.165, 1.54) is 6.07 Å². The number of aryl methyl sites for hydroxylation is 1. The van der Waals surface area contributed by atoms with Crippen molar-refractivity contribution in [1.29, 1.82) is 0 Å². The molecule has 0 radical (unpaired) electrons. The maximum Gasteiger partial charge on any atom is 0.251 e. The van der Waals surface area contributed by atoms with Crippen molar-refractivity contribution in [2.24, 2.45) is 5.92 Å². The highest BCUT2D eigenvalue weighted by Gasteiger charge is 2.30. The molecule has 0 spiro atoms. The minimum atomic E-state index is -0.178. The molecule has 2 atom stereocenters. The molecule has 1 aromatic carbocycles. The van der Waals surface area contributed by atoms with Gasteiger partial charge in [-0.1, -0.05) is 6.92 Å². The SMILES string of the molecule is CCC1OCCCC1C(=O)Nc1ccc(-c2nc(C)cc(=O)[nH]2)cc1. The minimum absolute atomic E-state index is 0.00128. The number of ether oxygens (including phenoxy) is 1. The Bertz CT molecular complexity index is 798. The average Bonchev–Trinajstić information content (AvgIpc) is 2.61. The molecule has 2 unspecified atom stereocenters. The maximum absolute atomic E-state index is 12.5. The van der Waals surface area contributed by atoms with Crippen LogP contribution in [0.3, 0.4) is 0 Å². The lowest BCUT2D eigenvalue weighted by molar-refractivity contribution is -0.129. The second-order valence-electron chi connectivity index (χ2n) is 6.37. The molecule has 1 aromatic heterocycles. The molecule has 6 nitrogen and oxygen atoms in total. The summed E-state index contributed by atoms with van der Waals surface area (Å²) in [4.78, 5) is 31.1. The van der Waals surface area contributed by atoms with Gasteiger partial charge in [-0.2, -0.15) is 0 Å². The van der Waals surface area contributed by atoms with Gasteiger partial charge in [0.1, 0.15) is 5.82 Å². The van der Waals surface area contributed by atoms with Gasteiger partial charge >= 0.3 is 0 Å². The minimum Gasteiger partial charge on any atom is -0.377 e. The topological polar surface area (TPSA) is 84.1 Å². The molecule has 2 N–H and O–H groups in total. The molecule has 1 saturated heterocycles. The number of carbonyl (C=O) groups excluding carboxylic acids is 1. The highest BCUT2D eigenvalue weighted by molar-refractivity contribution is 5.93. The molecule has 0 bridgehead atoms. The summed E-state index contributed by atoms with van der Waals surface area (Å²) in [6.07, 6.45) is 2.61. The van der Waals surface area contributed by atoms with E-state index in [0.29, 0.717) is 11.5 Å². The molecule has 1 amide bonds. The number of nitrogens with zero attached hydrogens (tertiary/aromatic N) is 1. The van der Waals surface area contributed by atoms with Crippen molar-refractivity contribution in [3.8, 4) is 11.4 Å². The fourth-order valence-corrected chi connectivity index (χ4v) is 3.20. The van der Waals surface area contributed by atoms with Crippen LogP contribution in [-0.4, -0.2) is 28.6 Å². The number of carbonyl (C=O) groups is 1. The van der Waals surface area contributed by atoms with Crippen LogP contribution >= 0.6 is 0 Å². The van der Waals surface area contributed by atoms with E-state index >= 15 is 0 Å². The summed E-state index contributed by atoms with van der Waals surface area (Å²) in [5.74, 6) is 0.421.